The zero-order valence-corrected chi connectivity index (χ0v) is 19.7. The zero-order chi connectivity index (χ0) is 25.6. The first-order valence-corrected chi connectivity index (χ1v) is 12.1. The number of nitrogens with one attached hydrogen (secondary N) is 2. The van der Waals surface area contributed by atoms with Gasteiger partial charge in [0.2, 0.25) is 17.7 Å². The van der Waals surface area contributed by atoms with E-state index in [-0.39, 0.29) is 24.0 Å². The van der Waals surface area contributed by atoms with Crippen molar-refractivity contribution in [2.45, 2.75) is 24.3 Å². The molecule has 5 atom stereocenters. The van der Waals surface area contributed by atoms with Crippen molar-refractivity contribution >= 4 is 29.1 Å². The lowest BCUT2D eigenvalue weighted by molar-refractivity contribution is -0.128. The number of hydrogen-bond donors (Lipinski definition) is 2. The summed E-state index contributed by atoms with van der Waals surface area (Å²) < 4.78 is 20.6. The number of nitrogens with zero attached hydrogens (tertiary/aromatic N) is 1. The highest BCUT2D eigenvalue weighted by molar-refractivity contribution is 6.11. The normalized spacial score (nSPS) is 27.3. The molecule has 3 aromatic carbocycles. The Kier molecular flexibility index (Phi) is 5.61. The molecule has 3 heterocycles. The molecular weight excluding hydrogens is 473 g/mol. The molecule has 0 aromatic heterocycles. The predicted molar refractivity (Wildman–Crippen MR) is 135 cm³/mol. The topological polar surface area (TPSA) is 87.7 Å². The summed E-state index contributed by atoms with van der Waals surface area (Å²) in [6.07, 6.45) is 2.76. The van der Waals surface area contributed by atoms with Crippen LogP contribution < -0.4 is 15.5 Å². The van der Waals surface area contributed by atoms with Crippen LogP contribution in [-0.4, -0.2) is 35.5 Å². The van der Waals surface area contributed by atoms with Crippen LogP contribution in [0, 0.1) is 17.7 Å². The van der Waals surface area contributed by atoms with Crippen LogP contribution >= 0.6 is 0 Å². The first kappa shape index (κ1) is 23.1. The number of fused-ring (bicyclic) bond motifs is 1. The van der Waals surface area contributed by atoms with Gasteiger partial charge in [-0.2, -0.15) is 0 Å². The average molecular weight is 498 g/mol. The van der Waals surface area contributed by atoms with Gasteiger partial charge in [0.25, 0.3) is 0 Å². The maximum Gasteiger partial charge on any atom is 0.246 e. The first-order chi connectivity index (χ1) is 18.0. The number of carbonyl (C=O) groups excluding carboxylic acids is 3. The second kappa shape index (κ2) is 8.97. The third kappa shape index (κ3) is 3.72. The van der Waals surface area contributed by atoms with Crippen LogP contribution in [0.15, 0.2) is 97.1 Å². The van der Waals surface area contributed by atoms with Gasteiger partial charge in [0.15, 0.2) is 0 Å². The standard InChI is InChI=1S/C29H24FN3O4/c30-20-13-7-8-14-21(20)32-26(34)23-22-15-16-29(37-22)24(23)28(36)33(19-11-5-2-6-12-19)25(29)27(35)31-17-18-9-3-1-4-10-18/h1-16,22-25H,17H2,(H,31,35)(H,32,34)/t22-,23+,24+,25-,29+/m1/s1. The number of anilines is 2. The number of halogens is 1. The van der Waals surface area contributed by atoms with Crippen LogP contribution in [-0.2, 0) is 25.7 Å². The van der Waals surface area contributed by atoms with Gasteiger partial charge >= 0.3 is 0 Å². The largest absolute Gasteiger partial charge is 0.359 e. The van der Waals surface area contributed by atoms with Crippen LogP contribution in [0.4, 0.5) is 15.8 Å². The van der Waals surface area contributed by atoms with Crippen molar-refractivity contribution in [3.05, 3.63) is 108 Å². The highest BCUT2D eigenvalue weighted by atomic mass is 19.1. The van der Waals surface area contributed by atoms with E-state index in [0.717, 1.165) is 5.56 Å². The van der Waals surface area contributed by atoms with Crippen LogP contribution in [0.3, 0.4) is 0 Å². The fourth-order valence-corrected chi connectivity index (χ4v) is 5.70. The molecule has 37 heavy (non-hydrogen) atoms. The molecule has 2 saturated heterocycles. The van der Waals surface area contributed by atoms with Crippen molar-refractivity contribution in [1.29, 1.82) is 0 Å². The summed E-state index contributed by atoms with van der Waals surface area (Å²) in [7, 11) is 0. The predicted octanol–water partition coefficient (Wildman–Crippen LogP) is 3.44. The van der Waals surface area contributed by atoms with E-state index in [4.69, 9.17) is 4.74 Å². The van der Waals surface area contributed by atoms with Gasteiger partial charge in [-0.3, -0.25) is 19.3 Å². The molecule has 3 aliphatic heterocycles. The van der Waals surface area contributed by atoms with Gasteiger partial charge < -0.3 is 15.4 Å². The van der Waals surface area contributed by atoms with Gasteiger partial charge in [0, 0.05) is 12.2 Å². The number of carbonyl (C=O) groups is 3. The Morgan fingerprint density at radius 1 is 0.919 bits per heavy atom. The van der Waals surface area contributed by atoms with Crippen molar-refractivity contribution in [3.63, 3.8) is 0 Å². The third-order valence-electron chi connectivity index (χ3n) is 7.30. The summed E-state index contributed by atoms with van der Waals surface area (Å²) in [6, 6.07) is 23.2. The molecule has 3 amide bonds. The Hall–Kier alpha value is -4.30. The molecule has 1 spiro atoms. The summed E-state index contributed by atoms with van der Waals surface area (Å²) >= 11 is 0. The Labute approximate surface area is 212 Å². The highest BCUT2D eigenvalue weighted by Crippen LogP contribution is 2.56. The van der Waals surface area contributed by atoms with Crippen molar-refractivity contribution in [3.8, 4) is 0 Å². The molecule has 186 valence electrons. The van der Waals surface area contributed by atoms with E-state index in [0.29, 0.717) is 5.69 Å². The molecule has 7 nitrogen and oxygen atoms in total. The summed E-state index contributed by atoms with van der Waals surface area (Å²) in [5.41, 5.74) is 0.144. The first-order valence-electron chi connectivity index (χ1n) is 12.1. The van der Waals surface area contributed by atoms with Gasteiger partial charge in [-0.15, -0.1) is 0 Å². The number of ether oxygens (including phenoxy) is 1. The van der Waals surface area contributed by atoms with Gasteiger partial charge in [-0.05, 0) is 29.8 Å². The Balaban J connectivity index is 1.35. The second-order valence-electron chi connectivity index (χ2n) is 9.42. The van der Waals surface area contributed by atoms with E-state index in [9.17, 15) is 18.8 Å². The van der Waals surface area contributed by atoms with Crippen LogP contribution in [0.2, 0.25) is 0 Å². The number of benzene rings is 3. The number of hydrogen-bond acceptors (Lipinski definition) is 4. The van der Waals surface area contributed by atoms with E-state index in [1.54, 1.807) is 42.5 Å². The molecular formula is C29H24FN3O4. The molecule has 0 aliphatic carbocycles. The lowest BCUT2D eigenvalue weighted by atomic mass is 9.74. The fourth-order valence-electron chi connectivity index (χ4n) is 5.70. The molecule has 3 aromatic rings. The minimum Gasteiger partial charge on any atom is -0.359 e. The summed E-state index contributed by atoms with van der Waals surface area (Å²) in [4.78, 5) is 42.5. The average Bonchev–Trinajstić information content (AvgIpc) is 3.57. The minimum atomic E-state index is -1.32. The number of para-hydroxylation sites is 2. The third-order valence-corrected chi connectivity index (χ3v) is 7.30. The lowest BCUT2D eigenvalue weighted by Gasteiger charge is -2.32. The molecule has 6 rings (SSSR count). The Morgan fingerprint density at radius 2 is 1.59 bits per heavy atom. The van der Waals surface area contributed by atoms with Crippen molar-refractivity contribution in [2.75, 3.05) is 10.2 Å². The summed E-state index contributed by atoms with van der Waals surface area (Å²) in [5, 5.41) is 5.56. The maximum atomic E-state index is 14.3. The maximum absolute atomic E-state index is 14.3. The number of rotatable bonds is 6. The molecule has 2 bridgehead atoms. The van der Waals surface area contributed by atoms with E-state index < -0.39 is 41.3 Å². The van der Waals surface area contributed by atoms with Crippen molar-refractivity contribution < 1.29 is 23.5 Å². The second-order valence-corrected chi connectivity index (χ2v) is 9.42. The van der Waals surface area contributed by atoms with E-state index in [2.05, 4.69) is 10.6 Å². The van der Waals surface area contributed by atoms with Crippen LogP contribution in [0.5, 0.6) is 0 Å². The minimum absolute atomic E-state index is 0.0239. The SMILES string of the molecule is O=C(Nc1ccccc1F)[C@@H]1[C@H]2C(=O)N(c3ccccc3)[C@H](C(=O)NCc3ccccc3)[C@]23C=C[C@H]1O3. The van der Waals surface area contributed by atoms with Crippen molar-refractivity contribution in [2.24, 2.45) is 11.8 Å². The van der Waals surface area contributed by atoms with E-state index in [1.165, 1.54) is 23.1 Å². The van der Waals surface area contributed by atoms with Gasteiger partial charge in [0.05, 0.1) is 23.6 Å². The molecule has 0 unspecified atom stereocenters. The fraction of sp³-hybridized carbons (Fsp3) is 0.207. The van der Waals surface area contributed by atoms with Crippen LogP contribution in [0.1, 0.15) is 5.56 Å². The Bertz CT molecular complexity index is 1400. The van der Waals surface area contributed by atoms with Gasteiger partial charge in [-0.25, -0.2) is 4.39 Å². The molecule has 3 aliphatic rings. The van der Waals surface area contributed by atoms with Crippen LogP contribution in [0.25, 0.3) is 0 Å². The molecule has 2 fully saturated rings. The molecule has 0 saturated carbocycles. The summed E-state index contributed by atoms with van der Waals surface area (Å²) in [6.45, 7) is 0.276. The summed E-state index contributed by atoms with van der Waals surface area (Å²) in [5.74, 6) is -3.74. The highest BCUT2D eigenvalue weighted by Gasteiger charge is 2.73. The molecule has 2 N–H and O–H groups in total. The van der Waals surface area contributed by atoms with E-state index in [1.807, 2.05) is 36.4 Å². The van der Waals surface area contributed by atoms with Gasteiger partial charge in [0.1, 0.15) is 17.5 Å². The van der Waals surface area contributed by atoms with Crippen molar-refractivity contribution in [1.82, 2.24) is 5.32 Å². The molecule has 8 heteroatoms. The Morgan fingerprint density at radius 3 is 2.32 bits per heavy atom. The molecule has 0 radical (unpaired) electrons. The van der Waals surface area contributed by atoms with Gasteiger partial charge in [-0.1, -0.05) is 72.8 Å². The smallest absolute Gasteiger partial charge is 0.246 e. The van der Waals surface area contributed by atoms with E-state index >= 15 is 0 Å². The quantitative estimate of drug-likeness (QED) is 0.511. The zero-order valence-electron chi connectivity index (χ0n) is 19.7. The lowest BCUT2D eigenvalue weighted by Crippen LogP contribution is -2.54. The number of amides is 3. The monoisotopic (exact) mass is 497 g/mol.